The molecule has 0 unspecified atom stereocenters. The Bertz CT molecular complexity index is 648. The number of hydrogen-bond donors (Lipinski definition) is 1. The van der Waals surface area contributed by atoms with E-state index in [9.17, 15) is 22.0 Å². The van der Waals surface area contributed by atoms with Crippen LogP contribution < -0.4 is 10.5 Å². The number of ether oxygens (including phenoxy) is 1. The van der Waals surface area contributed by atoms with E-state index >= 15 is 0 Å². The molecule has 2 N–H and O–H groups in total. The van der Waals surface area contributed by atoms with Gasteiger partial charge in [-0.1, -0.05) is 48.5 Å². The molecule has 132 valence electrons. The van der Waals surface area contributed by atoms with E-state index < -0.39 is 23.7 Å². The molecule has 0 radical (unpaired) electrons. The number of nitrogens with two attached hydrogens (primary N) is 1. The van der Waals surface area contributed by atoms with Crippen LogP contribution in [0.25, 0.3) is 0 Å². The molecular formula is C16H15ClF5NO. The van der Waals surface area contributed by atoms with Crippen molar-refractivity contribution in [2.45, 2.75) is 24.7 Å². The summed E-state index contributed by atoms with van der Waals surface area (Å²) < 4.78 is 69.7. The summed E-state index contributed by atoms with van der Waals surface area (Å²) in [6.45, 7) is 0.0299. The van der Waals surface area contributed by atoms with Crippen molar-refractivity contribution in [1.82, 2.24) is 0 Å². The highest BCUT2D eigenvalue weighted by atomic mass is 35.5. The van der Waals surface area contributed by atoms with E-state index in [1.807, 2.05) is 0 Å². The topological polar surface area (TPSA) is 35.2 Å². The highest BCUT2D eigenvalue weighted by Gasteiger charge is 2.62. The van der Waals surface area contributed by atoms with Crippen LogP contribution in [0.4, 0.5) is 22.0 Å². The van der Waals surface area contributed by atoms with Gasteiger partial charge < -0.3 is 10.5 Å². The lowest BCUT2D eigenvalue weighted by Crippen LogP contribution is -2.45. The normalized spacial score (nSPS) is 13.1. The predicted octanol–water partition coefficient (Wildman–Crippen LogP) is 4.88. The van der Waals surface area contributed by atoms with Gasteiger partial charge in [0.05, 0.1) is 0 Å². The summed E-state index contributed by atoms with van der Waals surface area (Å²) >= 11 is 0. The molecule has 24 heavy (non-hydrogen) atoms. The zero-order chi connectivity index (χ0) is 17.1. The van der Waals surface area contributed by atoms with Crippen molar-refractivity contribution >= 4 is 12.4 Å². The van der Waals surface area contributed by atoms with Crippen LogP contribution in [0.3, 0.4) is 0 Å². The lowest BCUT2D eigenvalue weighted by molar-refractivity contribution is -0.291. The molecule has 0 heterocycles. The molecule has 2 aromatic rings. The van der Waals surface area contributed by atoms with Gasteiger partial charge in [0.15, 0.2) is 0 Å². The summed E-state index contributed by atoms with van der Waals surface area (Å²) in [5.74, 6) is -5.16. The Morgan fingerprint density at radius 1 is 0.875 bits per heavy atom. The zero-order valence-corrected chi connectivity index (χ0v) is 13.1. The Labute approximate surface area is 141 Å². The number of halogens is 6. The van der Waals surface area contributed by atoms with Crippen molar-refractivity contribution in [2.24, 2.45) is 5.73 Å². The Hall–Kier alpha value is -1.86. The molecular weight excluding hydrogens is 353 g/mol. The smallest absolute Gasteiger partial charge is 0.455 e. The number of alkyl halides is 5. The van der Waals surface area contributed by atoms with Crippen LogP contribution in [0.5, 0.6) is 5.75 Å². The highest BCUT2D eigenvalue weighted by Crippen LogP contribution is 2.45. The van der Waals surface area contributed by atoms with E-state index in [-0.39, 0.29) is 24.8 Å². The van der Waals surface area contributed by atoms with Gasteiger partial charge in [0.2, 0.25) is 0 Å². The molecule has 0 aromatic heterocycles. The van der Waals surface area contributed by atoms with Crippen LogP contribution >= 0.6 is 12.4 Å². The number of rotatable bonds is 5. The average molecular weight is 368 g/mol. The van der Waals surface area contributed by atoms with E-state index in [0.29, 0.717) is 0 Å². The number of benzene rings is 2. The molecule has 0 spiro atoms. The van der Waals surface area contributed by atoms with Crippen LogP contribution in [-0.4, -0.2) is 12.1 Å². The van der Waals surface area contributed by atoms with Crippen LogP contribution in [0.15, 0.2) is 54.6 Å². The van der Waals surface area contributed by atoms with Crippen molar-refractivity contribution in [1.29, 1.82) is 0 Å². The fourth-order valence-corrected chi connectivity index (χ4v) is 1.98. The van der Waals surface area contributed by atoms with E-state index in [4.69, 9.17) is 10.5 Å². The van der Waals surface area contributed by atoms with Gasteiger partial charge in [-0.05, 0) is 11.6 Å². The summed E-state index contributed by atoms with van der Waals surface area (Å²) in [5.41, 5.74) is 5.53. The van der Waals surface area contributed by atoms with E-state index in [0.717, 1.165) is 11.6 Å². The molecule has 8 heteroatoms. The largest absolute Gasteiger partial charge is 0.489 e. The van der Waals surface area contributed by atoms with Crippen molar-refractivity contribution < 1.29 is 26.7 Å². The molecule has 2 rings (SSSR count). The summed E-state index contributed by atoms with van der Waals surface area (Å²) in [7, 11) is 0. The SMILES string of the molecule is Cl.N[C@H](c1ccccc1OCc1ccccc1)C(F)(F)C(F)(F)F. The second-order valence-electron chi connectivity index (χ2n) is 4.91. The highest BCUT2D eigenvalue weighted by molar-refractivity contribution is 5.85. The van der Waals surface area contributed by atoms with Crippen LogP contribution in [0.1, 0.15) is 17.2 Å². The summed E-state index contributed by atoms with van der Waals surface area (Å²) in [5, 5.41) is 0. The molecule has 0 aliphatic rings. The quantitative estimate of drug-likeness (QED) is 0.764. The molecule has 0 saturated carbocycles. The fraction of sp³-hybridized carbons (Fsp3) is 0.250. The standard InChI is InChI=1S/C16H14F5NO.ClH/c17-15(18,16(19,20)21)14(22)12-8-4-5-9-13(12)23-10-11-6-2-1-3-7-11;/h1-9,14H,10,22H2;1H/t14-;/m1./s1. The third-order valence-corrected chi connectivity index (χ3v) is 3.26. The Morgan fingerprint density at radius 2 is 1.42 bits per heavy atom. The van der Waals surface area contributed by atoms with Gasteiger partial charge in [-0.3, -0.25) is 0 Å². The second-order valence-corrected chi connectivity index (χ2v) is 4.91. The zero-order valence-electron chi connectivity index (χ0n) is 12.3. The summed E-state index contributed by atoms with van der Waals surface area (Å²) in [4.78, 5) is 0. The molecule has 0 saturated heterocycles. The van der Waals surface area contributed by atoms with E-state index in [1.54, 1.807) is 30.3 Å². The number of para-hydroxylation sites is 1. The molecule has 0 aliphatic carbocycles. The molecule has 0 bridgehead atoms. The Kier molecular flexibility index (Phi) is 6.57. The van der Waals surface area contributed by atoms with Gasteiger partial charge >= 0.3 is 12.1 Å². The van der Waals surface area contributed by atoms with Crippen molar-refractivity contribution in [3.05, 3.63) is 65.7 Å². The van der Waals surface area contributed by atoms with Crippen molar-refractivity contribution in [2.75, 3.05) is 0 Å². The van der Waals surface area contributed by atoms with Gasteiger partial charge in [-0.25, -0.2) is 0 Å². The van der Waals surface area contributed by atoms with Gasteiger partial charge in [0.25, 0.3) is 0 Å². The van der Waals surface area contributed by atoms with Crippen molar-refractivity contribution in [3.8, 4) is 5.75 Å². The lowest BCUT2D eigenvalue weighted by atomic mass is 10.00. The first-order valence-corrected chi connectivity index (χ1v) is 6.69. The molecule has 0 amide bonds. The third kappa shape index (κ3) is 4.36. The monoisotopic (exact) mass is 367 g/mol. The molecule has 2 nitrogen and oxygen atoms in total. The first kappa shape index (κ1) is 20.2. The maximum absolute atomic E-state index is 13.4. The maximum Gasteiger partial charge on any atom is 0.455 e. The number of hydrogen-bond acceptors (Lipinski definition) is 2. The summed E-state index contributed by atoms with van der Waals surface area (Å²) in [6, 6.07) is 11.5. The van der Waals surface area contributed by atoms with Crippen molar-refractivity contribution in [3.63, 3.8) is 0 Å². The third-order valence-electron chi connectivity index (χ3n) is 3.26. The Balaban J connectivity index is 0.00000288. The lowest BCUT2D eigenvalue weighted by Gasteiger charge is -2.27. The minimum atomic E-state index is -5.74. The minimum absolute atomic E-state index is 0. The molecule has 1 atom stereocenters. The first-order valence-electron chi connectivity index (χ1n) is 6.69. The van der Waals surface area contributed by atoms with Crippen LogP contribution in [0, 0.1) is 0 Å². The van der Waals surface area contributed by atoms with E-state index in [1.165, 1.54) is 18.2 Å². The average Bonchev–Trinajstić information content (AvgIpc) is 2.52. The van der Waals surface area contributed by atoms with Gasteiger partial charge in [0.1, 0.15) is 18.4 Å². The minimum Gasteiger partial charge on any atom is -0.489 e. The predicted molar refractivity (Wildman–Crippen MR) is 82.4 cm³/mol. The molecule has 0 fully saturated rings. The fourth-order valence-electron chi connectivity index (χ4n) is 1.98. The molecule has 0 aliphatic heterocycles. The van der Waals surface area contributed by atoms with Gasteiger partial charge in [-0.2, -0.15) is 22.0 Å². The molecule has 2 aromatic carbocycles. The summed E-state index contributed by atoms with van der Waals surface area (Å²) in [6.07, 6.45) is -5.74. The first-order chi connectivity index (χ1) is 10.7. The van der Waals surface area contributed by atoms with E-state index in [2.05, 4.69) is 0 Å². The maximum atomic E-state index is 13.4. The second kappa shape index (κ2) is 7.81. The Morgan fingerprint density at radius 3 is 2.00 bits per heavy atom. The van der Waals surface area contributed by atoms with Gasteiger partial charge in [0, 0.05) is 5.56 Å². The van der Waals surface area contributed by atoms with Gasteiger partial charge in [-0.15, -0.1) is 12.4 Å². The van der Waals surface area contributed by atoms with Crippen LogP contribution in [0.2, 0.25) is 0 Å². The van der Waals surface area contributed by atoms with Crippen LogP contribution in [-0.2, 0) is 6.61 Å².